The molecule has 0 unspecified atom stereocenters. The number of H-pyrrole nitrogens is 2. The summed E-state index contributed by atoms with van der Waals surface area (Å²) in [6.07, 6.45) is 4.03. The molecule has 0 radical (unpaired) electrons. The van der Waals surface area contributed by atoms with E-state index in [2.05, 4.69) is 19.8 Å². The number of piperazine rings is 1. The summed E-state index contributed by atoms with van der Waals surface area (Å²) in [6, 6.07) is 3.56. The van der Waals surface area contributed by atoms with Crippen LogP contribution in [0.2, 0.25) is 0 Å². The maximum absolute atomic E-state index is 11.8. The molecule has 0 amide bonds. The fourth-order valence-corrected chi connectivity index (χ4v) is 3.68. The molecule has 1 aliphatic heterocycles. The summed E-state index contributed by atoms with van der Waals surface area (Å²) in [7, 11) is 0. The molecule has 0 atom stereocenters. The molecule has 3 heterocycles. The van der Waals surface area contributed by atoms with Gasteiger partial charge in [-0.1, -0.05) is 0 Å². The van der Waals surface area contributed by atoms with E-state index in [9.17, 15) is 19.2 Å². The monoisotopic (exact) mass is 440 g/mol. The third-order valence-corrected chi connectivity index (χ3v) is 5.47. The van der Waals surface area contributed by atoms with Crippen molar-refractivity contribution in [2.24, 2.45) is 0 Å². The highest BCUT2D eigenvalue weighted by molar-refractivity contribution is 5.22. The Morgan fingerprint density at radius 1 is 0.688 bits per heavy atom. The van der Waals surface area contributed by atoms with Crippen molar-refractivity contribution in [3.63, 3.8) is 0 Å². The number of hydrogen-bond acceptors (Lipinski definition) is 8. The Hall–Kier alpha value is -3.74. The van der Waals surface area contributed by atoms with Crippen molar-refractivity contribution in [1.29, 1.82) is 10.5 Å². The lowest BCUT2D eigenvalue weighted by molar-refractivity contribution is 0.128. The minimum Gasteiger partial charge on any atom is -0.301 e. The lowest BCUT2D eigenvalue weighted by atomic mass is 10.2. The van der Waals surface area contributed by atoms with Gasteiger partial charge in [-0.3, -0.25) is 28.7 Å². The zero-order chi connectivity index (χ0) is 23.1. The number of nitrogens with zero attached hydrogens (tertiary/aromatic N) is 6. The molecule has 1 aliphatic rings. The second-order valence-corrected chi connectivity index (χ2v) is 7.60. The van der Waals surface area contributed by atoms with E-state index in [-0.39, 0.29) is 11.1 Å². The van der Waals surface area contributed by atoms with Gasteiger partial charge in [-0.05, 0) is 25.9 Å². The molecule has 0 bridgehead atoms. The van der Waals surface area contributed by atoms with Crippen LogP contribution < -0.4 is 22.5 Å². The molecule has 0 aromatic carbocycles. The molecule has 0 saturated carbocycles. The minimum atomic E-state index is -0.666. The van der Waals surface area contributed by atoms with Crippen molar-refractivity contribution in [1.82, 2.24) is 28.9 Å². The van der Waals surface area contributed by atoms with Gasteiger partial charge in [-0.2, -0.15) is 10.5 Å². The summed E-state index contributed by atoms with van der Waals surface area (Å²) in [5, 5.41) is 17.8. The van der Waals surface area contributed by atoms with Crippen molar-refractivity contribution in [3.8, 4) is 12.1 Å². The first-order chi connectivity index (χ1) is 15.4. The van der Waals surface area contributed by atoms with Gasteiger partial charge in [0, 0.05) is 51.7 Å². The number of aromatic nitrogens is 4. The van der Waals surface area contributed by atoms with Crippen LogP contribution in [0, 0.1) is 22.7 Å². The highest BCUT2D eigenvalue weighted by atomic mass is 16.2. The summed E-state index contributed by atoms with van der Waals surface area (Å²) >= 11 is 0. The predicted octanol–water partition coefficient (Wildman–Crippen LogP) is -1.77. The second kappa shape index (κ2) is 10.5. The Morgan fingerprint density at radius 3 is 1.41 bits per heavy atom. The zero-order valence-electron chi connectivity index (χ0n) is 17.5. The SMILES string of the molecule is N#Cc1cn(CCCN2CCN(CCCn3cc(C#N)c(=O)[nH]c3=O)CC2)c(=O)[nH]c1=O. The van der Waals surface area contributed by atoms with Crippen molar-refractivity contribution in [2.45, 2.75) is 25.9 Å². The van der Waals surface area contributed by atoms with E-state index in [0.29, 0.717) is 25.9 Å². The van der Waals surface area contributed by atoms with E-state index in [1.165, 1.54) is 21.5 Å². The van der Waals surface area contributed by atoms with Crippen LogP contribution in [-0.4, -0.2) is 68.2 Å². The molecule has 12 heteroatoms. The van der Waals surface area contributed by atoms with Gasteiger partial charge in [0.25, 0.3) is 11.1 Å². The molecule has 0 spiro atoms. The van der Waals surface area contributed by atoms with E-state index in [1.54, 1.807) is 12.1 Å². The van der Waals surface area contributed by atoms with Gasteiger partial charge >= 0.3 is 11.4 Å². The van der Waals surface area contributed by atoms with Crippen LogP contribution in [0.1, 0.15) is 24.0 Å². The summed E-state index contributed by atoms with van der Waals surface area (Å²) in [5.41, 5.74) is -2.51. The van der Waals surface area contributed by atoms with Crippen molar-refractivity contribution < 1.29 is 0 Å². The molecule has 32 heavy (non-hydrogen) atoms. The highest BCUT2D eigenvalue weighted by Gasteiger charge is 2.16. The number of rotatable bonds is 8. The number of hydrogen-bond donors (Lipinski definition) is 2. The summed E-state index contributed by atoms with van der Waals surface area (Å²) in [4.78, 5) is 55.4. The molecule has 1 saturated heterocycles. The minimum absolute atomic E-state index is 0.0776. The Morgan fingerprint density at radius 2 is 1.06 bits per heavy atom. The molecular weight excluding hydrogens is 416 g/mol. The maximum atomic E-state index is 11.8. The second-order valence-electron chi connectivity index (χ2n) is 7.60. The van der Waals surface area contributed by atoms with E-state index in [1.807, 2.05) is 0 Å². The molecule has 3 rings (SSSR count). The standard InChI is InChI=1S/C20H24N8O4/c21-11-15-13-27(19(31)23-17(15)29)5-1-3-25-7-9-26(10-8-25)4-2-6-28-14-16(12-22)18(30)24-20(28)32/h13-14H,1-10H2,(H,23,29,31)(H,24,30,32). The molecule has 12 nitrogen and oxygen atoms in total. The maximum Gasteiger partial charge on any atom is 0.328 e. The highest BCUT2D eigenvalue weighted by Crippen LogP contribution is 2.04. The van der Waals surface area contributed by atoms with E-state index in [4.69, 9.17) is 10.5 Å². The lowest BCUT2D eigenvalue weighted by Crippen LogP contribution is -2.47. The van der Waals surface area contributed by atoms with Crippen LogP contribution in [0.25, 0.3) is 0 Å². The molecular formula is C20H24N8O4. The summed E-state index contributed by atoms with van der Waals surface area (Å²) in [6.45, 7) is 5.94. The number of aromatic amines is 2. The van der Waals surface area contributed by atoms with Crippen LogP contribution >= 0.6 is 0 Å². The Labute approximate surface area is 182 Å². The van der Waals surface area contributed by atoms with Crippen LogP contribution in [0.5, 0.6) is 0 Å². The fraction of sp³-hybridized carbons (Fsp3) is 0.500. The van der Waals surface area contributed by atoms with Gasteiger partial charge in [0.15, 0.2) is 0 Å². The third kappa shape index (κ3) is 5.69. The van der Waals surface area contributed by atoms with Crippen LogP contribution in [0.15, 0.2) is 31.6 Å². The van der Waals surface area contributed by atoms with E-state index >= 15 is 0 Å². The first kappa shape index (κ1) is 22.9. The summed E-state index contributed by atoms with van der Waals surface area (Å²) in [5.74, 6) is 0. The van der Waals surface area contributed by atoms with Crippen molar-refractivity contribution in [3.05, 3.63) is 65.2 Å². The van der Waals surface area contributed by atoms with Crippen LogP contribution in [-0.2, 0) is 13.1 Å². The first-order valence-corrected chi connectivity index (χ1v) is 10.3. The lowest BCUT2D eigenvalue weighted by Gasteiger charge is -2.34. The molecule has 2 aromatic heterocycles. The number of nitriles is 2. The van der Waals surface area contributed by atoms with Gasteiger partial charge in [0.2, 0.25) is 0 Å². The zero-order valence-corrected chi connectivity index (χ0v) is 17.5. The topological polar surface area (TPSA) is 164 Å². The molecule has 2 aromatic rings. The molecule has 1 fully saturated rings. The third-order valence-electron chi connectivity index (χ3n) is 5.47. The predicted molar refractivity (Wildman–Crippen MR) is 114 cm³/mol. The largest absolute Gasteiger partial charge is 0.328 e. The Kier molecular flexibility index (Phi) is 7.54. The number of nitrogens with one attached hydrogen (secondary N) is 2. The molecule has 0 aliphatic carbocycles. The Balaban J connectivity index is 1.40. The number of aryl methyl sites for hydroxylation is 2. The first-order valence-electron chi connectivity index (χ1n) is 10.3. The van der Waals surface area contributed by atoms with E-state index < -0.39 is 22.5 Å². The van der Waals surface area contributed by atoms with Crippen LogP contribution in [0.4, 0.5) is 0 Å². The summed E-state index contributed by atoms with van der Waals surface area (Å²) < 4.78 is 2.71. The van der Waals surface area contributed by atoms with E-state index in [0.717, 1.165) is 39.3 Å². The Bertz CT molecular complexity index is 1170. The molecule has 2 N–H and O–H groups in total. The normalized spacial score (nSPS) is 14.7. The van der Waals surface area contributed by atoms with Gasteiger partial charge < -0.3 is 9.80 Å². The fourth-order valence-electron chi connectivity index (χ4n) is 3.68. The average molecular weight is 440 g/mol. The van der Waals surface area contributed by atoms with Gasteiger partial charge in [-0.25, -0.2) is 9.59 Å². The molecule has 168 valence electrons. The van der Waals surface area contributed by atoms with Crippen molar-refractivity contribution >= 4 is 0 Å². The smallest absolute Gasteiger partial charge is 0.301 e. The van der Waals surface area contributed by atoms with Gasteiger partial charge in [0.1, 0.15) is 23.3 Å². The van der Waals surface area contributed by atoms with Gasteiger partial charge in [0.05, 0.1) is 0 Å². The van der Waals surface area contributed by atoms with Gasteiger partial charge in [-0.15, -0.1) is 0 Å². The average Bonchev–Trinajstić information content (AvgIpc) is 2.77. The van der Waals surface area contributed by atoms with Crippen molar-refractivity contribution in [2.75, 3.05) is 39.3 Å². The van der Waals surface area contributed by atoms with Crippen LogP contribution in [0.3, 0.4) is 0 Å². The quantitative estimate of drug-likeness (QED) is 0.487.